The number of H-pyrrole nitrogens is 1. The van der Waals surface area contributed by atoms with Crippen LogP contribution in [0, 0.1) is 5.95 Å². The number of hydrogen-bond donors (Lipinski definition) is 1. The third-order valence-electron chi connectivity index (χ3n) is 0.800. The average Bonchev–Trinajstić information content (AvgIpc) is 2.14. The van der Waals surface area contributed by atoms with Gasteiger partial charge in [-0.25, -0.2) is 0 Å². The van der Waals surface area contributed by atoms with E-state index in [0.717, 1.165) is 0 Å². The molecule has 0 unspecified atom stereocenters. The maximum Gasteiger partial charge on any atom is 0.191 e. The van der Waals surface area contributed by atoms with Gasteiger partial charge in [-0.2, -0.15) is 4.39 Å². The maximum absolute atomic E-state index is 11.9. The maximum atomic E-state index is 11.9. The second-order valence-electron chi connectivity index (χ2n) is 1.38. The standard InChI is InChI=1S/C5H4FNO/c6-5-2-1-4(3-8)7-5/h1-3,7H. The number of aromatic nitrogens is 1. The normalized spacial score (nSPS) is 9.12. The number of aldehydes is 1. The van der Waals surface area contributed by atoms with Crippen molar-refractivity contribution in [2.24, 2.45) is 0 Å². The van der Waals surface area contributed by atoms with Crippen molar-refractivity contribution in [1.82, 2.24) is 4.98 Å². The summed E-state index contributed by atoms with van der Waals surface area (Å²) in [7, 11) is 0. The fourth-order valence-electron chi connectivity index (χ4n) is 0.453. The number of carbonyl (C=O) groups excluding carboxylic acids is 1. The molecule has 0 radical (unpaired) electrons. The summed E-state index contributed by atoms with van der Waals surface area (Å²) in [6, 6.07) is 2.58. The molecule has 0 aliphatic rings. The quantitative estimate of drug-likeness (QED) is 0.540. The van der Waals surface area contributed by atoms with E-state index >= 15 is 0 Å². The topological polar surface area (TPSA) is 32.9 Å². The number of rotatable bonds is 1. The van der Waals surface area contributed by atoms with E-state index in [4.69, 9.17) is 0 Å². The Balaban J connectivity index is 3.00. The first-order chi connectivity index (χ1) is 3.83. The zero-order chi connectivity index (χ0) is 5.98. The Hall–Kier alpha value is -1.12. The first kappa shape index (κ1) is 5.03. The summed E-state index contributed by atoms with van der Waals surface area (Å²) in [5, 5.41) is 0. The van der Waals surface area contributed by atoms with E-state index in [0.29, 0.717) is 6.29 Å². The van der Waals surface area contributed by atoms with E-state index in [9.17, 15) is 9.18 Å². The van der Waals surface area contributed by atoms with Crippen LogP contribution in [-0.4, -0.2) is 11.3 Å². The van der Waals surface area contributed by atoms with E-state index in [1.165, 1.54) is 12.1 Å². The van der Waals surface area contributed by atoms with Gasteiger partial charge >= 0.3 is 0 Å². The molecule has 0 atom stereocenters. The predicted octanol–water partition coefficient (Wildman–Crippen LogP) is 0.966. The summed E-state index contributed by atoms with van der Waals surface area (Å²) in [4.78, 5) is 12.0. The summed E-state index contributed by atoms with van der Waals surface area (Å²) in [6.07, 6.45) is 0.559. The van der Waals surface area contributed by atoms with Gasteiger partial charge in [-0.1, -0.05) is 0 Å². The first-order valence-electron chi connectivity index (χ1n) is 2.12. The third-order valence-corrected chi connectivity index (χ3v) is 0.800. The summed E-state index contributed by atoms with van der Waals surface area (Å²) >= 11 is 0. The molecular formula is C5H4FNO. The summed E-state index contributed by atoms with van der Waals surface area (Å²) < 4.78 is 11.9. The van der Waals surface area contributed by atoms with Crippen LogP contribution in [0.15, 0.2) is 12.1 Å². The SMILES string of the molecule is O=Cc1ccc(F)[nH]1. The van der Waals surface area contributed by atoms with Gasteiger partial charge in [0.05, 0.1) is 5.69 Å². The molecule has 1 rings (SSSR count). The molecule has 0 saturated heterocycles. The predicted molar refractivity (Wildman–Crippen MR) is 26.1 cm³/mol. The summed E-state index contributed by atoms with van der Waals surface area (Å²) in [5.74, 6) is -0.480. The average molecular weight is 113 g/mol. The molecule has 1 N–H and O–H groups in total. The molecule has 1 heterocycles. The van der Waals surface area contributed by atoms with Crippen molar-refractivity contribution in [2.75, 3.05) is 0 Å². The molecule has 0 fully saturated rings. The molecule has 0 aliphatic carbocycles. The number of nitrogens with one attached hydrogen (secondary N) is 1. The van der Waals surface area contributed by atoms with Gasteiger partial charge in [0.1, 0.15) is 0 Å². The second-order valence-corrected chi connectivity index (χ2v) is 1.38. The molecule has 0 aliphatic heterocycles. The van der Waals surface area contributed by atoms with Gasteiger partial charge < -0.3 is 4.98 Å². The Morgan fingerprint density at radius 2 is 2.38 bits per heavy atom. The molecule has 1 aromatic heterocycles. The number of aromatic amines is 1. The van der Waals surface area contributed by atoms with Crippen LogP contribution in [0.3, 0.4) is 0 Å². The summed E-state index contributed by atoms with van der Waals surface area (Å²) in [6.45, 7) is 0. The molecule has 2 nitrogen and oxygen atoms in total. The van der Waals surface area contributed by atoms with Gasteiger partial charge in [-0.3, -0.25) is 4.79 Å². The lowest BCUT2D eigenvalue weighted by atomic mass is 10.5. The highest BCUT2D eigenvalue weighted by Gasteiger charge is 1.91. The van der Waals surface area contributed by atoms with E-state index in [1.54, 1.807) is 0 Å². The van der Waals surface area contributed by atoms with Crippen molar-refractivity contribution < 1.29 is 9.18 Å². The zero-order valence-corrected chi connectivity index (χ0v) is 4.02. The number of carbonyl (C=O) groups is 1. The Morgan fingerprint density at radius 3 is 2.62 bits per heavy atom. The van der Waals surface area contributed by atoms with E-state index in [2.05, 4.69) is 4.98 Å². The monoisotopic (exact) mass is 113 g/mol. The lowest BCUT2D eigenvalue weighted by Crippen LogP contribution is -1.76. The zero-order valence-electron chi connectivity index (χ0n) is 4.02. The Kier molecular flexibility index (Phi) is 1.12. The van der Waals surface area contributed by atoms with Crippen LogP contribution in [0.25, 0.3) is 0 Å². The fourth-order valence-corrected chi connectivity index (χ4v) is 0.453. The van der Waals surface area contributed by atoms with Crippen LogP contribution in [0.4, 0.5) is 4.39 Å². The van der Waals surface area contributed by atoms with Crippen molar-refractivity contribution in [3.8, 4) is 0 Å². The lowest BCUT2D eigenvalue weighted by molar-refractivity contribution is 0.111. The van der Waals surface area contributed by atoms with Crippen molar-refractivity contribution in [1.29, 1.82) is 0 Å². The van der Waals surface area contributed by atoms with Crippen molar-refractivity contribution >= 4 is 6.29 Å². The van der Waals surface area contributed by atoms with E-state index < -0.39 is 5.95 Å². The highest BCUT2D eigenvalue weighted by molar-refractivity contribution is 5.71. The second kappa shape index (κ2) is 1.78. The van der Waals surface area contributed by atoms with Crippen molar-refractivity contribution in [3.05, 3.63) is 23.8 Å². The molecule has 0 amide bonds. The van der Waals surface area contributed by atoms with Gasteiger partial charge in [-0.05, 0) is 12.1 Å². The van der Waals surface area contributed by atoms with Gasteiger partial charge in [0.25, 0.3) is 0 Å². The number of halogens is 1. The highest BCUT2D eigenvalue weighted by atomic mass is 19.1. The Morgan fingerprint density at radius 1 is 1.62 bits per heavy atom. The van der Waals surface area contributed by atoms with Crippen LogP contribution in [-0.2, 0) is 0 Å². The third kappa shape index (κ3) is 0.753. The Bertz CT molecular complexity index is 194. The summed E-state index contributed by atoms with van der Waals surface area (Å²) in [5.41, 5.74) is 0.266. The van der Waals surface area contributed by atoms with Crippen LogP contribution in [0.1, 0.15) is 10.5 Å². The van der Waals surface area contributed by atoms with Gasteiger partial charge in [0.2, 0.25) is 0 Å². The molecule has 42 valence electrons. The fraction of sp³-hybridized carbons (Fsp3) is 0. The minimum Gasteiger partial charge on any atom is -0.329 e. The van der Waals surface area contributed by atoms with E-state index in [1.807, 2.05) is 0 Å². The highest BCUT2D eigenvalue weighted by Crippen LogP contribution is 1.94. The van der Waals surface area contributed by atoms with Gasteiger partial charge in [-0.15, -0.1) is 0 Å². The van der Waals surface area contributed by atoms with Gasteiger partial charge in [0.15, 0.2) is 12.2 Å². The van der Waals surface area contributed by atoms with Crippen LogP contribution >= 0.6 is 0 Å². The first-order valence-corrected chi connectivity index (χ1v) is 2.12. The van der Waals surface area contributed by atoms with Crippen LogP contribution in [0.2, 0.25) is 0 Å². The molecule has 0 aromatic carbocycles. The molecule has 8 heavy (non-hydrogen) atoms. The molecule has 0 bridgehead atoms. The minimum absolute atomic E-state index is 0.266. The molecule has 0 spiro atoms. The molecular weight excluding hydrogens is 109 g/mol. The van der Waals surface area contributed by atoms with Gasteiger partial charge in [0, 0.05) is 0 Å². The van der Waals surface area contributed by atoms with Crippen molar-refractivity contribution in [2.45, 2.75) is 0 Å². The largest absolute Gasteiger partial charge is 0.329 e. The number of hydrogen-bond acceptors (Lipinski definition) is 1. The smallest absolute Gasteiger partial charge is 0.191 e. The molecule has 1 aromatic rings. The van der Waals surface area contributed by atoms with Crippen LogP contribution in [0.5, 0.6) is 0 Å². The molecule has 3 heteroatoms. The Labute approximate surface area is 45.3 Å². The van der Waals surface area contributed by atoms with E-state index in [-0.39, 0.29) is 5.69 Å². The van der Waals surface area contributed by atoms with Crippen LogP contribution < -0.4 is 0 Å². The molecule has 0 saturated carbocycles. The minimum atomic E-state index is -0.480. The van der Waals surface area contributed by atoms with Crippen molar-refractivity contribution in [3.63, 3.8) is 0 Å². The lowest BCUT2D eigenvalue weighted by Gasteiger charge is -1.73.